The third kappa shape index (κ3) is 6.05. The Bertz CT molecular complexity index is 1200. The number of benzene rings is 2. The van der Waals surface area contributed by atoms with Crippen molar-refractivity contribution in [3.63, 3.8) is 0 Å². The quantitative estimate of drug-likeness (QED) is 0.265. The molecule has 0 saturated heterocycles. The van der Waals surface area contributed by atoms with Crippen molar-refractivity contribution in [2.24, 2.45) is 0 Å². The number of ether oxygens (including phenoxy) is 4. The second-order valence-corrected chi connectivity index (χ2v) is 8.70. The first-order valence-electron chi connectivity index (χ1n) is 11.8. The molecular formula is C28H30BrNO6. The number of hydrogen-bond acceptors (Lipinski definition) is 7. The fourth-order valence-electron chi connectivity index (χ4n) is 3.89. The Labute approximate surface area is 219 Å². The Hall–Kier alpha value is -3.39. The molecule has 2 aromatic carbocycles. The number of halogens is 1. The van der Waals surface area contributed by atoms with Gasteiger partial charge in [0.1, 0.15) is 6.61 Å². The van der Waals surface area contributed by atoms with E-state index >= 15 is 0 Å². The number of rotatable bonds is 10. The molecule has 0 aliphatic heterocycles. The summed E-state index contributed by atoms with van der Waals surface area (Å²) >= 11 is 3.61. The number of carbonyl (C=O) groups is 2. The molecular weight excluding hydrogens is 526 g/mol. The third-order valence-electron chi connectivity index (χ3n) is 5.34. The normalized spacial score (nSPS) is 10.6. The van der Waals surface area contributed by atoms with E-state index in [0.29, 0.717) is 51.7 Å². The number of hydrogen-bond donors (Lipinski definition) is 0. The van der Waals surface area contributed by atoms with Crippen LogP contribution in [0.15, 0.2) is 46.9 Å². The van der Waals surface area contributed by atoms with E-state index in [1.807, 2.05) is 37.3 Å². The Morgan fingerprint density at radius 3 is 1.94 bits per heavy atom. The SMILES string of the molecule is CCOC(=O)c1c(C)nc(C)c(C(=O)OCC)c1-c1cc(Br)c(OCc2ccccc2)c(OCC)c1. The summed E-state index contributed by atoms with van der Waals surface area (Å²) in [4.78, 5) is 30.5. The third-order valence-corrected chi connectivity index (χ3v) is 5.93. The van der Waals surface area contributed by atoms with Crippen LogP contribution in [-0.4, -0.2) is 36.7 Å². The number of carbonyl (C=O) groups excluding carboxylic acids is 2. The van der Waals surface area contributed by atoms with Gasteiger partial charge in [-0.2, -0.15) is 0 Å². The van der Waals surface area contributed by atoms with Crippen LogP contribution in [0, 0.1) is 13.8 Å². The van der Waals surface area contributed by atoms with Gasteiger partial charge in [-0.25, -0.2) is 9.59 Å². The monoisotopic (exact) mass is 555 g/mol. The van der Waals surface area contributed by atoms with E-state index in [1.165, 1.54) is 0 Å². The van der Waals surface area contributed by atoms with Gasteiger partial charge < -0.3 is 18.9 Å². The molecule has 0 radical (unpaired) electrons. The van der Waals surface area contributed by atoms with E-state index in [2.05, 4.69) is 20.9 Å². The van der Waals surface area contributed by atoms with Gasteiger partial charge in [-0.05, 0) is 73.8 Å². The summed E-state index contributed by atoms with van der Waals surface area (Å²) in [6.45, 7) is 9.85. The zero-order valence-electron chi connectivity index (χ0n) is 21.1. The maximum atomic E-state index is 13.0. The van der Waals surface area contributed by atoms with E-state index < -0.39 is 11.9 Å². The van der Waals surface area contributed by atoms with Crippen LogP contribution >= 0.6 is 15.9 Å². The summed E-state index contributed by atoms with van der Waals surface area (Å²) in [6, 6.07) is 13.3. The number of aryl methyl sites for hydroxylation is 2. The molecule has 0 aliphatic rings. The first kappa shape index (κ1) is 27.2. The summed E-state index contributed by atoms with van der Waals surface area (Å²) in [6.07, 6.45) is 0. The molecule has 0 atom stereocenters. The van der Waals surface area contributed by atoms with Gasteiger partial charge in [0.05, 0.1) is 46.8 Å². The van der Waals surface area contributed by atoms with Gasteiger partial charge in [-0.1, -0.05) is 30.3 Å². The minimum atomic E-state index is -0.568. The van der Waals surface area contributed by atoms with Crippen LogP contribution in [0.2, 0.25) is 0 Å². The Morgan fingerprint density at radius 1 is 0.833 bits per heavy atom. The van der Waals surface area contributed by atoms with E-state index in [-0.39, 0.29) is 24.3 Å². The zero-order valence-corrected chi connectivity index (χ0v) is 22.7. The summed E-state index contributed by atoms with van der Waals surface area (Å²) < 4.78 is 23.3. The molecule has 3 rings (SSSR count). The molecule has 0 spiro atoms. The first-order chi connectivity index (χ1) is 17.3. The van der Waals surface area contributed by atoms with Crippen LogP contribution < -0.4 is 9.47 Å². The summed E-state index contributed by atoms with van der Waals surface area (Å²) in [5, 5.41) is 0. The van der Waals surface area contributed by atoms with Gasteiger partial charge in [-0.15, -0.1) is 0 Å². The topological polar surface area (TPSA) is 84.0 Å². The lowest BCUT2D eigenvalue weighted by molar-refractivity contribution is 0.0525. The molecule has 1 aromatic heterocycles. The number of nitrogens with zero attached hydrogens (tertiary/aromatic N) is 1. The summed E-state index contributed by atoms with van der Waals surface area (Å²) in [5.74, 6) is -0.153. The Kier molecular flexibility index (Phi) is 9.47. The molecule has 0 bridgehead atoms. The van der Waals surface area contributed by atoms with E-state index in [0.717, 1.165) is 5.56 Å². The summed E-state index contributed by atoms with van der Waals surface area (Å²) in [7, 11) is 0. The highest BCUT2D eigenvalue weighted by atomic mass is 79.9. The second-order valence-electron chi connectivity index (χ2n) is 7.84. The molecule has 0 aliphatic carbocycles. The van der Waals surface area contributed by atoms with E-state index in [1.54, 1.807) is 39.8 Å². The van der Waals surface area contributed by atoms with Crippen molar-refractivity contribution in [1.82, 2.24) is 4.98 Å². The van der Waals surface area contributed by atoms with Gasteiger partial charge in [0.2, 0.25) is 0 Å². The molecule has 0 unspecified atom stereocenters. The van der Waals surface area contributed by atoms with Crippen LogP contribution in [0.4, 0.5) is 0 Å². The van der Waals surface area contributed by atoms with Crippen molar-refractivity contribution in [3.05, 3.63) is 75.0 Å². The van der Waals surface area contributed by atoms with Crippen molar-refractivity contribution in [1.29, 1.82) is 0 Å². The molecule has 0 fully saturated rings. The molecule has 0 N–H and O–H groups in total. The largest absolute Gasteiger partial charge is 0.490 e. The lowest BCUT2D eigenvalue weighted by Crippen LogP contribution is -2.17. The number of pyridine rings is 1. The smallest absolute Gasteiger partial charge is 0.340 e. The molecule has 190 valence electrons. The fourth-order valence-corrected chi connectivity index (χ4v) is 4.45. The molecule has 1 heterocycles. The van der Waals surface area contributed by atoms with Gasteiger partial charge in [0, 0.05) is 5.56 Å². The predicted octanol–water partition coefficient (Wildman–Crippen LogP) is 6.46. The molecule has 0 amide bonds. The molecule has 36 heavy (non-hydrogen) atoms. The second kappa shape index (κ2) is 12.5. The minimum Gasteiger partial charge on any atom is -0.490 e. The van der Waals surface area contributed by atoms with Gasteiger partial charge >= 0.3 is 11.9 Å². The lowest BCUT2D eigenvalue weighted by atomic mass is 9.92. The predicted molar refractivity (Wildman–Crippen MR) is 141 cm³/mol. The van der Waals surface area contributed by atoms with Crippen LogP contribution in [0.3, 0.4) is 0 Å². The van der Waals surface area contributed by atoms with E-state index in [4.69, 9.17) is 18.9 Å². The number of esters is 2. The molecule has 0 saturated carbocycles. The van der Waals surface area contributed by atoms with Crippen molar-refractivity contribution in [2.75, 3.05) is 19.8 Å². The van der Waals surface area contributed by atoms with Crippen molar-refractivity contribution in [3.8, 4) is 22.6 Å². The van der Waals surface area contributed by atoms with Gasteiger partial charge in [0.15, 0.2) is 11.5 Å². The zero-order chi connectivity index (χ0) is 26.2. The highest BCUT2D eigenvalue weighted by Gasteiger charge is 2.29. The van der Waals surface area contributed by atoms with Crippen LogP contribution in [0.25, 0.3) is 11.1 Å². The molecule has 8 heteroatoms. The molecule has 7 nitrogen and oxygen atoms in total. The maximum Gasteiger partial charge on any atom is 0.340 e. The lowest BCUT2D eigenvalue weighted by Gasteiger charge is -2.20. The number of aromatic nitrogens is 1. The minimum absolute atomic E-state index is 0.181. The Morgan fingerprint density at radius 2 is 1.42 bits per heavy atom. The van der Waals surface area contributed by atoms with Crippen molar-refractivity contribution in [2.45, 2.75) is 41.2 Å². The summed E-state index contributed by atoms with van der Waals surface area (Å²) in [5.41, 5.74) is 3.27. The standard InChI is InChI=1S/C28H30BrNO6/c1-6-33-22-15-20(14-21(29)26(22)36-16-19-12-10-9-11-13-19)25-23(27(31)34-7-2)17(4)30-18(5)24(25)28(32)35-8-3/h9-15H,6-8,16H2,1-5H3. The van der Waals surface area contributed by atoms with Crippen molar-refractivity contribution >= 4 is 27.9 Å². The highest BCUT2D eigenvalue weighted by molar-refractivity contribution is 9.10. The van der Waals surface area contributed by atoms with Crippen LogP contribution in [0.5, 0.6) is 11.5 Å². The maximum absolute atomic E-state index is 13.0. The van der Waals surface area contributed by atoms with E-state index in [9.17, 15) is 9.59 Å². The average molecular weight is 556 g/mol. The highest BCUT2D eigenvalue weighted by Crippen LogP contribution is 2.43. The van der Waals surface area contributed by atoms with Crippen molar-refractivity contribution < 1.29 is 28.5 Å². The Balaban J connectivity index is 2.23. The first-order valence-corrected chi connectivity index (χ1v) is 12.6. The average Bonchev–Trinajstić information content (AvgIpc) is 2.84. The molecule has 3 aromatic rings. The van der Waals surface area contributed by atoms with Gasteiger partial charge in [-0.3, -0.25) is 4.98 Å². The van der Waals surface area contributed by atoms with Crippen LogP contribution in [-0.2, 0) is 16.1 Å². The fraction of sp³-hybridized carbons (Fsp3) is 0.321. The van der Waals surface area contributed by atoms with Crippen LogP contribution in [0.1, 0.15) is 58.4 Å². The van der Waals surface area contributed by atoms with Gasteiger partial charge in [0.25, 0.3) is 0 Å².